The van der Waals surface area contributed by atoms with Crippen molar-refractivity contribution in [3.8, 4) is 11.5 Å². The molecule has 0 spiro atoms. The van der Waals surface area contributed by atoms with Gasteiger partial charge in [-0.1, -0.05) is 0 Å². The fraction of sp³-hybridized carbons (Fsp3) is 0. The first kappa shape index (κ1) is 16.6. The third kappa shape index (κ3) is 2.84. The number of carboxylic acid groups (broad SMARTS) is 2. The highest BCUT2D eigenvalue weighted by atomic mass is 32.2. The van der Waals surface area contributed by atoms with Gasteiger partial charge < -0.3 is 14.6 Å². The molecule has 1 aromatic carbocycles. The lowest BCUT2D eigenvalue weighted by molar-refractivity contribution is 0.0653. The van der Waals surface area contributed by atoms with E-state index in [9.17, 15) is 28.2 Å². The molecule has 3 aromatic rings. The van der Waals surface area contributed by atoms with Crippen LogP contribution in [0.3, 0.4) is 0 Å². The molecule has 0 aliphatic rings. The number of aromatic nitrogens is 1. The summed E-state index contributed by atoms with van der Waals surface area (Å²) in [5, 5.41) is 18.7. The minimum absolute atomic E-state index is 0.0289. The van der Waals surface area contributed by atoms with Crippen LogP contribution in [-0.4, -0.2) is 40.1 Å². The molecular weight excluding hydrogens is 354 g/mol. The summed E-state index contributed by atoms with van der Waals surface area (Å²) in [5.41, 5.74) is -1.49. The van der Waals surface area contributed by atoms with Gasteiger partial charge in [0.2, 0.25) is 0 Å². The van der Waals surface area contributed by atoms with Crippen molar-refractivity contribution in [3.63, 3.8) is 0 Å². The van der Waals surface area contributed by atoms with E-state index in [2.05, 4.69) is 4.98 Å². The van der Waals surface area contributed by atoms with Crippen LogP contribution in [0.5, 0.6) is 0 Å². The Bertz CT molecular complexity index is 1120. The van der Waals surface area contributed by atoms with Crippen molar-refractivity contribution in [1.29, 1.82) is 0 Å². The Hall–Kier alpha value is -3.24. The molecule has 0 amide bonds. The highest BCUT2D eigenvalue weighted by Gasteiger charge is 2.28. The second-order valence-corrected chi connectivity index (χ2v) is 6.37. The lowest BCUT2D eigenvalue weighted by Gasteiger charge is -2.11. The predicted octanol–water partition coefficient (Wildman–Crippen LogP) is 2.14. The Morgan fingerprint density at radius 1 is 1.04 bits per heavy atom. The zero-order chi connectivity index (χ0) is 18.4. The van der Waals surface area contributed by atoms with Gasteiger partial charge in [-0.2, -0.15) is 8.42 Å². The zero-order valence-electron chi connectivity index (χ0n) is 12.2. The van der Waals surface area contributed by atoms with Gasteiger partial charge >= 0.3 is 11.9 Å². The van der Waals surface area contributed by atoms with Gasteiger partial charge in [0.25, 0.3) is 10.1 Å². The third-order valence-corrected chi connectivity index (χ3v) is 4.29. The smallest absolute Gasteiger partial charge is 0.338 e. The summed E-state index contributed by atoms with van der Waals surface area (Å²) in [4.78, 5) is 26.9. The van der Waals surface area contributed by atoms with Gasteiger partial charge in [-0.25, -0.2) is 14.6 Å². The fourth-order valence-electron chi connectivity index (χ4n) is 2.42. The number of pyridine rings is 1. The van der Waals surface area contributed by atoms with Crippen molar-refractivity contribution in [2.45, 2.75) is 4.90 Å². The molecule has 10 heteroatoms. The maximum Gasteiger partial charge on any atom is 0.338 e. The molecule has 3 rings (SSSR count). The topological polar surface area (TPSA) is 155 Å². The predicted molar refractivity (Wildman–Crippen MR) is 83.2 cm³/mol. The van der Waals surface area contributed by atoms with Crippen LogP contribution in [0.1, 0.15) is 20.7 Å². The minimum Gasteiger partial charge on any atom is -0.478 e. The fourth-order valence-corrected chi connectivity index (χ4v) is 2.93. The molecule has 25 heavy (non-hydrogen) atoms. The largest absolute Gasteiger partial charge is 0.478 e. The SMILES string of the molecule is O=C(O)c1c(-c2ccco2)nc2ccc(S(=O)(=O)O)cc2c1C(=O)O. The molecule has 0 saturated heterocycles. The molecule has 0 radical (unpaired) electrons. The normalized spacial score (nSPS) is 11.6. The van der Waals surface area contributed by atoms with E-state index in [0.29, 0.717) is 0 Å². The number of rotatable bonds is 4. The van der Waals surface area contributed by atoms with E-state index in [-0.39, 0.29) is 22.4 Å². The van der Waals surface area contributed by atoms with Crippen LogP contribution in [0.2, 0.25) is 0 Å². The molecule has 0 unspecified atom stereocenters. The van der Waals surface area contributed by atoms with E-state index >= 15 is 0 Å². The monoisotopic (exact) mass is 363 g/mol. The van der Waals surface area contributed by atoms with Gasteiger partial charge in [0.15, 0.2) is 5.76 Å². The standard InChI is InChI=1S/C15H9NO8S/c17-14(18)11-8-6-7(25(21,22)23)3-4-9(8)16-13(12(11)15(19)20)10-2-1-5-24-10/h1-6H,(H,17,18)(H,19,20)(H,21,22,23). The Morgan fingerprint density at radius 2 is 1.72 bits per heavy atom. The Balaban J connectivity index is 2.51. The maximum atomic E-state index is 11.7. The van der Waals surface area contributed by atoms with E-state index in [4.69, 9.17) is 8.97 Å². The zero-order valence-corrected chi connectivity index (χ0v) is 13.0. The second-order valence-electron chi connectivity index (χ2n) is 4.95. The van der Waals surface area contributed by atoms with Crippen LogP contribution in [0, 0.1) is 0 Å². The van der Waals surface area contributed by atoms with Gasteiger partial charge in [0.05, 0.1) is 22.2 Å². The summed E-state index contributed by atoms with van der Waals surface area (Å²) in [5.74, 6) is -3.12. The lowest BCUT2D eigenvalue weighted by atomic mass is 9.99. The van der Waals surface area contributed by atoms with Crippen molar-refractivity contribution in [2.24, 2.45) is 0 Å². The minimum atomic E-state index is -4.61. The van der Waals surface area contributed by atoms with Crippen LogP contribution >= 0.6 is 0 Å². The first-order valence-corrected chi connectivity index (χ1v) is 8.10. The molecule has 0 atom stereocenters. The van der Waals surface area contributed by atoms with Gasteiger partial charge in [-0.05, 0) is 30.3 Å². The van der Waals surface area contributed by atoms with Gasteiger partial charge in [-0.15, -0.1) is 0 Å². The molecule has 0 saturated carbocycles. The quantitative estimate of drug-likeness (QED) is 0.591. The van der Waals surface area contributed by atoms with Gasteiger partial charge in [-0.3, -0.25) is 4.55 Å². The first-order chi connectivity index (χ1) is 11.7. The number of carboxylic acids is 2. The van der Waals surface area contributed by atoms with E-state index in [1.807, 2.05) is 0 Å². The molecular formula is C15H9NO8S. The second kappa shape index (κ2) is 5.69. The van der Waals surface area contributed by atoms with Crippen LogP contribution in [0.4, 0.5) is 0 Å². The van der Waals surface area contributed by atoms with Crippen molar-refractivity contribution >= 4 is 33.0 Å². The Morgan fingerprint density at radius 3 is 2.24 bits per heavy atom. The Kier molecular flexibility index (Phi) is 3.78. The summed E-state index contributed by atoms with van der Waals surface area (Å²) < 4.78 is 36.8. The van der Waals surface area contributed by atoms with E-state index in [0.717, 1.165) is 12.1 Å². The van der Waals surface area contributed by atoms with Crippen LogP contribution < -0.4 is 0 Å². The van der Waals surface area contributed by atoms with Crippen molar-refractivity contribution < 1.29 is 37.2 Å². The van der Waals surface area contributed by atoms with E-state index < -0.39 is 38.1 Å². The summed E-state index contributed by atoms with van der Waals surface area (Å²) in [6, 6.07) is 5.96. The summed E-state index contributed by atoms with van der Waals surface area (Å²) in [7, 11) is -4.61. The van der Waals surface area contributed by atoms with E-state index in [1.54, 1.807) is 0 Å². The molecule has 3 N–H and O–H groups in total. The molecule has 2 aromatic heterocycles. The van der Waals surface area contributed by atoms with Crippen molar-refractivity contribution in [2.75, 3.05) is 0 Å². The van der Waals surface area contributed by atoms with Crippen LogP contribution in [-0.2, 0) is 10.1 Å². The molecule has 0 fully saturated rings. The number of hydrogen-bond acceptors (Lipinski definition) is 6. The number of fused-ring (bicyclic) bond motifs is 1. The highest BCUT2D eigenvalue weighted by Crippen LogP contribution is 2.32. The average Bonchev–Trinajstić information content (AvgIpc) is 3.05. The number of hydrogen-bond donors (Lipinski definition) is 3. The molecule has 128 valence electrons. The van der Waals surface area contributed by atoms with Gasteiger partial charge in [0, 0.05) is 5.39 Å². The van der Waals surface area contributed by atoms with Crippen molar-refractivity contribution in [3.05, 3.63) is 47.7 Å². The van der Waals surface area contributed by atoms with Crippen LogP contribution in [0.15, 0.2) is 45.9 Å². The van der Waals surface area contributed by atoms with Gasteiger partial charge in [0.1, 0.15) is 11.3 Å². The maximum absolute atomic E-state index is 11.7. The average molecular weight is 363 g/mol. The number of furan rings is 1. The molecule has 0 aliphatic carbocycles. The number of benzene rings is 1. The Labute approximate surface area is 139 Å². The molecule has 2 heterocycles. The molecule has 0 bridgehead atoms. The highest BCUT2D eigenvalue weighted by molar-refractivity contribution is 7.85. The first-order valence-electron chi connectivity index (χ1n) is 6.66. The third-order valence-electron chi connectivity index (χ3n) is 3.44. The summed E-state index contributed by atoms with van der Waals surface area (Å²) in [6.45, 7) is 0. The number of aromatic carboxylic acids is 2. The van der Waals surface area contributed by atoms with Crippen molar-refractivity contribution in [1.82, 2.24) is 4.98 Å². The molecule has 9 nitrogen and oxygen atoms in total. The molecule has 0 aliphatic heterocycles. The van der Waals surface area contributed by atoms with E-state index in [1.165, 1.54) is 24.5 Å². The van der Waals surface area contributed by atoms with Crippen LogP contribution in [0.25, 0.3) is 22.4 Å². The summed E-state index contributed by atoms with van der Waals surface area (Å²) >= 11 is 0. The summed E-state index contributed by atoms with van der Waals surface area (Å²) in [6.07, 6.45) is 1.27. The number of nitrogens with zero attached hydrogens (tertiary/aromatic N) is 1. The lowest BCUT2D eigenvalue weighted by Crippen LogP contribution is -2.13. The number of carbonyl (C=O) groups is 2.